The number of alkyl halides is 3. The van der Waals surface area contributed by atoms with Gasteiger partial charge in [0.15, 0.2) is 0 Å². The van der Waals surface area contributed by atoms with E-state index in [4.69, 9.17) is 15.3 Å². The Morgan fingerprint density at radius 2 is 1.87 bits per heavy atom. The number of carbonyl (C=O) groups excluding carboxylic acids is 1. The van der Waals surface area contributed by atoms with Crippen LogP contribution in [0, 0.1) is 12.3 Å². The van der Waals surface area contributed by atoms with Gasteiger partial charge in [-0.25, -0.2) is 10.2 Å². The molecule has 6 heteroatoms. The first kappa shape index (κ1) is 13.2. The molecule has 0 bridgehead atoms. The van der Waals surface area contributed by atoms with E-state index in [0.29, 0.717) is 0 Å². The summed E-state index contributed by atoms with van der Waals surface area (Å²) in [5.74, 6) is -0.368. The number of aromatic hydroxyl groups is 1. The maximum atomic E-state index is 12.1. The summed E-state index contributed by atoms with van der Waals surface area (Å²) in [7, 11) is 0. The molecule has 0 heterocycles. The molecular formula is C9H8F3NO2. The summed E-state index contributed by atoms with van der Waals surface area (Å²) in [6.07, 6.45) is -3.64. The van der Waals surface area contributed by atoms with Crippen LogP contribution in [0.25, 0.3) is 0 Å². The number of phenols is 1. The Labute approximate surface area is 83.7 Å². The molecule has 0 aromatic heterocycles. The van der Waals surface area contributed by atoms with Gasteiger partial charge in [-0.3, -0.25) is 0 Å². The summed E-state index contributed by atoms with van der Waals surface area (Å²) >= 11 is 0. The van der Waals surface area contributed by atoms with Crippen molar-refractivity contribution in [2.75, 3.05) is 0 Å². The second-order valence-corrected chi connectivity index (χ2v) is 2.60. The molecule has 0 aliphatic heterocycles. The molecule has 0 atom stereocenters. The Hall–Kier alpha value is -1.81. The van der Waals surface area contributed by atoms with E-state index in [0.717, 1.165) is 12.1 Å². The highest BCUT2D eigenvalue weighted by Crippen LogP contribution is 2.33. The van der Waals surface area contributed by atoms with E-state index in [-0.39, 0.29) is 11.3 Å². The van der Waals surface area contributed by atoms with Crippen molar-refractivity contribution in [2.45, 2.75) is 13.1 Å². The summed E-state index contributed by atoms with van der Waals surface area (Å²) in [6, 6.07) is 3.18. The number of hydrogen-bond donors (Lipinski definition) is 2. The number of benzene rings is 1. The lowest BCUT2D eigenvalue weighted by Crippen LogP contribution is -2.06. The Morgan fingerprint density at radius 1 is 1.40 bits per heavy atom. The minimum Gasteiger partial charge on any atom is -0.508 e. The van der Waals surface area contributed by atoms with Gasteiger partial charge in [-0.2, -0.15) is 13.2 Å². The molecule has 3 nitrogen and oxygen atoms in total. The molecule has 1 aromatic rings. The van der Waals surface area contributed by atoms with Crippen molar-refractivity contribution >= 4 is 6.08 Å². The number of rotatable bonds is 0. The predicted octanol–water partition coefficient (Wildman–Crippen LogP) is 2.62. The van der Waals surface area contributed by atoms with Gasteiger partial charge in [-0.15, -0.1) is 0 Å². The zero-order chi connectivity index (χ0) is 12.1. The van der Waals surface area contributed by atoms with Crippen LogP contribution >= 0.6 is 0 Å². The van der Waals surface area contributed by atoms with Crippen molar-refractivity contribution in [3.8, 4) is 5.75 Å². The van der Waals surface area contributed by atoms with Gasteiger partial charge in [-0.1, -0.05) is 6.07 Å². The second kappa shape index (κ2) is 5.17. The lowest BCUT2D eigenvalue weighted by atomic mass is 10.1. The van der Waals surface area contributed by atoms with Crippen LogP contribution in [-0.4, -0.2) is 11.2 Å². The van der Waals surface area contributed by atoms with Crippen LogP contribution < -0.4 is 0 Å². The molecule has 15 heavy (non-hydrogen) atoms. The van der Waals surface area contributed by atoms with Gasteiger partial charge in [0.1, 0.15) is 5.75 Å². The molecule has 0 spiro atoms. The summed E-state index contributed by atoms with van der Waals surface area (Å²) in [5, 5.41) is 14.2. The smallest absolute Gasteiger partial charge is 0.416 e. The van der Waals surface area contributed by atoms with Gasteiger partial charge in [0, 0.05) is 0 Å². The molecule has 1 rings (SSSR count). The van der Waals surface area contributed by atoms with Crippen molar-refractivity contribution in [3.05, 3.63) is 29.3 Å². The van der Waals surface area contributed by atoms with Crippen molar-refractivity contribution in [1.82, 2.24) is 0 Å². The molecule has 0 amide bonds. The minimum atomic E-state index is -4.39. The highest BCUT2D eigenvalue weighted by Gasteiger charge is 2.32. The largest absolute Gasteiger partial charge is 0.508 e. The molecular weight excluding hydrogens is 211 g/mol. The van der Waals surface area contributed by atoms with Crippen molar-refractivity contribution in [1.29, 1.82) is 5.41 Å². The van der Waals surface area contributed by atoms with E-state index < -0.39 is 11.7 Å². The van der Waals surface area contributed by atoms with Gasteiger partial charge in [-0.05, 0) is 24.6 Å². The average molecular weight is 219 g/mol. The van der Waals surface area contributed by atoms with Crippen molar-refractivity contribution in [2.24, 2.45) is 0 Å². The number of nitrogens with one attached hydrogen (secondary N) is 1. The standard InChI is InChI=1S/C8H7F3O.CHNO/c1-5-2-3-6(12)4-7(5)8(9,10)11;2-1-3/h2-4,12H,1H3;2H. The van der Waals surface area contributed by atoms with Gasteiger partial charge in [0.05, 0.1) is 5.56 Å². The first-order valence-electron chi connectivity index (χ1n) is 3.73. The third kappa shape index (κ3) is 4.28. The average Bonchev–Trinajstić information content (AvgIpc) is 2.09. The molecule has 0 aliphatic rings. The highest BCUT2D eigenvalue weighted by atomic mass is 19.4. The molecule has 0 saturated heterocycles. The third-order valence-corrected chi connectivity index (χ3v) is 1.53. The third-order valence-electron chi connectivity index (χ3n) is 1.53. The maximum absolute atomic E-state index is 12.1. The van der Waals surface area contributed by atoms with E-state index >= 15 is 0 Å². The van der Waals surface area contributed by atoms with E-state index in [2.05, 4.69) is 0 Å². The van der Waals surface area contributed by atoms with Gasteiger partial charge < -0.3 is 5.11 Å². The van der Waals surface area contributed by atoms with Gasteiger partial charge >= 0.3 is 6.18 Å². The predicted molar refractivity (Wildman–Crippen MR) is 46.3 cm³/mol. The molecule has 0 fully saturated rings. The van der Waals surface area contributed by atoms with E-state index in [1.165, 1.54) is 19.1 Å². The van der Waals surface area contributed by atoms with Crippen LogP contribution in [0.4, 0.5) is 13.2 Å². The number of phenolic OH excluding ortho intramolecular Hbond substituents is 1. The second-order valence-electron chi connectivity index (χ2n) is 2.60. The van der Waals surface area contributed by atoms with E-state index in [1.54, 1.807) is 0 Å². The lowest BCUT2D eigenvalue weighted by Gasteiger charge is -2.09. The zero-order valence-corrected chi connectivity index (χ0v) is 7.72. The van der Waals surface area contributed by atoms with Crippen LogP contribution in [0.5, 0.6) is 5.75 Å². The molecule has 1 aromatic carbocycles. The fourth-order valence-corrected chi connectivity index (χ4v) is 0.915. The Morgan fingerprint density at radius 3 is 2.20 bits per heavy atom. The fraction of sp³-hybridized carbons (Fsp3) is 0.222. The van der Waals surface area contributed by atoms with Crippen LogP contribution in [0.3, 0.4) is 0 Å². The van der Waals surface area contributed by atoms with E-state index in [1.807, 2.05) is 0 Å². The van der Waals surface area contributed by atoms with Crippen LogP contribution in [0.1, 0.15) is 11.1 Å². The molecule has 82 valence electrons. The van der Waals surface area contributed by atoms with Crippen LogP contribution in [0.15, 0.2) is 18.2 Å². The normalized spacial score (nSPS) is 9.87. The fourth-order valence-electron chi connectivity index (χ4n) is 0.915. The van der Waals surface area contributed by atoms with E-state index in [9.17, 15) is 13.2 Å². The van der Waals surface area contributed by atoms with Crippen LogP contribution in [-0.2, 0) is 11.0 Å². The first-order valence-corrected chi connectivity index (χ1v) is 3.73. The SMILES string of the molecule is Cc1ccc(O)cc1C(F)(F)F.N=C=O. The quantitative estimate of drug-likeness (QED) is 0.520. The van der Waals surface area contributed by atoms with Crippen molar-refractivity contribution in [3.63, 3.8) is 0 Å². The topological polar surface area (TPSA) is 61.1 Å². The Balaban J connectivity index is 0.000000583. The first-order chi connectivity index (χ1) is 6.82. The van der Waals surface area contributed by atoms with Crippen molar-refractivity contribution < 1.29 is 23.1 Å². The number of isocyanates is 1. The number of hydrogen-bond acceptors (Lipinski definition) is 3. The highest BCUT2D eigenvalue weighted by molar-refractivity contribution is 5.35. The Kier molecular flexibility index (Phi) is 4.54. The lowest BCUT2D eigenvalue weighted by molar-refractivity contribution is -0.138. The summed E-state index contributed by atoms with van der Waals surface area (Å²) in [6.45, 7) is 1.35. The monoisotopic (exact) mass is 219 g/mol. The molecule has 0 saturated carbocycles. The summed E-state index contributed by atoms with van der Waals surface area (Å²) in [5.41, 5.74) is -0.678. The summed E-state index contributed by atoms with van der Waals surface area (Å²) in [4.78, 5) is 8.35. The van der Waals surface area contributed by atoms with Crippen LogP contribution in [0.2, 0.25) is 0 Å². The minimum absolute atomic E-state index is 0.111. The number of halogens is 3. The number of aryl methyl sites for hydroxylation is 1. The molecule has 2 N–H and O–H groups in total. The van der Waals surface area contributed by atoms with Gasteiger partial charge in [0.2, 0.25) is 6.08 Å². The molecule has 0 aliphatic carbocycles. The van der Waals surface area contributed by atoms with Gasteiger partial charge in [0.25, 0.3) is 0 Å². The summed E-state index contributed by atoms with van der Waals surface area (Å²) < 4.78 is 36.4. The molecule has 0 unspecified atom stereocenters. The zero-order valence-electron chi connectivity index (χ0n) is 7.72. The Bertz CT molecular complexity index is 368. The maximum Gasteiger partial charge on any atom is 0.416 e. The molecule has 0 radical (unpaired) electrons.